The fourth-order valence-electron chi connectivity index (χ4n) is 2.40. The van der Waals surface area contributed by atoms with E-state index in [2.05, 4.69) is 36.4 Å². The van der Waals surface area contributed by atoms with E-state index in [4.69, 9.17) is 0 Å². The van der Waals surface area contributed by atoms with Crippen LogP contribution in [0.2, 0.25) is 0 Å². The van der Waals surface area contributed by atoms with Gasteiger partial charge in [0.25, 0.3) is 0 Å². The molecule has 0 atom stereocenters. The first-order chi connectivity index (χ1) is 9.82. The highest BCUT2D eigenvalue weighted by molar-refractivity contribution is 8.93. The average Bonchev–Trinajstić information content (AvgIpc) is 2.56. The summed E-state index contributed by atoms with van der Waals surface area (Å²) in [7, 11) is -2.28. The van der Waals surface area contributed by atoms with E-state index in [1.54, 1.807) is 0 Å². The van der Waals surface area contributed by atoms with Crippen LogP contribution in [0, 0.1) is 5.16 Å². The van der Waals surface area contributed by atoms with Crippen LogP contribution < -0.4 is 15.9 Å². The van der Waals surface area contributed by atoms with Crippen LogP contribution in [-0.2, 0) is 0 Å². The van der Waals surface area contributed by atoms with Crippen LogP contribution in [0.15, 0.2) is 91.0 Å². The molecule has 0 aromatic heterocycles. The van der Waals surface area contributed by atoms with Crippen LogP contribution >= 0.6 is 24.0 Å². The van der Waals surface area contributed by atoms with Gasteiger partial charge in [-0.3, -0.25) is 0 Å². The molecule has 1 nitrogen and oxygen atoms in total. The molecule has 0 saturated heterocycles. The van der Waals surface area contributed by atoms with Gasteiger partial charge in [0.2, 0.25) is 0 Å². The van der Waals surface area contributed by atoms with Crippen molar-refractivity contribution in [3.8, 4) is 0 Å². The van der Waals surface area contributed by atoms with E-state index in [0.29, 0.717) is 0 Å². The number of hydrogen-bond donors (Lipinski definition) is 1. The van der Waals surface area contributed by atoms with Gasteiger partial charge in [-0.2, -0.15) is 0 Å². The molecule has 0 aliphatic heterocycles. The van der Waals surface area contributed by atoms with Crippen molar-refractivity contribution in [1.29, 1.82) is 5.16 Å². The van der Waals surface area contributed by atoms with Crippen LogP contribution in [0.4, 0.5) is 0 Å². The molecule has 3 heteroatoms. The van der Waals surface area contributed by atoms with Crippen LogP contribution in [0.1, 0.15) is 0 Å². The van der Waals surface area contributed by atoms with Gasteiger partial charge in [-0.25, -0.2) is 0 Å². The van der Waals surface area contributed by atoms with Crippen LogP contribution in [0.25, 0.3) is 0 Å². The van der Waals surface area contributed by atoms with E-state index in [-0.39, 0.29) is 17.0 Å². The van der Waals surface area contributed by atoms with Gasteiger partial charge in [-0.1, -0.05) is 91.0 Å². The van der Waals surface area contributed by atoms with Gasteiger partial charge in [0.05, 0.1) is 7.05 Å². The molecule has 0 bridgehead atoms. The maximum absolute atomic E-state index is 9.25. The Morgan fingerprint density at radius 2 is 0.714 bits per heavy atom. The first-order valence-electron chi connectivity index (χ1n) is 6.63. The third kappa shape index (κ3) is 3.02. The van der Waals surface area contributed by atoms with E-state index in [9.17, 15) is 5.16 Å². The van der Waals surface area contributed by atoms with E-state index in [1.165, 1.54) is 0 Å². The van der Waals surface area contributed by atoms with Crippen molar-refractivity contribution in [2.75, 3.05) is 0 Å². The minimum atomic E-state index is -2.28. The highest BCUT2D eigenvalue weighted by Crippen LogP contribution is 2.42. The van der Waals surface area contributed by atoms with Gasteiger partial charge in [0.1, 0.15) is 0 Å². The second kappa shape index (κ2) is 6.89. The zero-order chi connectivity index (χ0) is 13.8. The zero-order valence-electron chi connectivity index (χ0n) is 11.5. The Kier molecular flexibility index (Phi) is 5.17. The maximum Gasteiger partial charge on any atom is 0.0512 e. The molecule has 1 N–H and O–H groups in total. The minimum Gasteiger partial charge on any atom is -0.305 e. The second-order valence-electron chi connectivity index (χ2n) is 4.68. The maximum atomic E-state index is 9.25. The largest absolute Gasteiger partial charge is 0.305 e. The monoisotopic (exact) mass is 357 g/mol. The number of nitrogens with one attached hydrogen (secondary N) is 1. The lowest BCUT2D eigenvalue weighted by Crippen LogP contribution is -2.24. The highest BCUT2D eigenvalue weighted by Gasteiger charge is 2.23. The van der Waals surface area contributed by atoms with Crippen molar-refractivity contribution in [3.63, 3.8) is 0 Å². The van der Waals surface area contributed by atoms with E-state index in [0.717, 1.165) is 15.9 Å². The number of rotatable bonds is 3. The SMILES string of the molecule is Br.N=P(c1ccccc1)(c1ccccc1)c1ccccc1. The summed E-state index contributed by atoms with van der Waals surface area (Å²) in [5, 5.41) is 12.5. The second-order valence-corrected chi connectivity index (χ2v) is 7.57. The van der Waals surface area contributed by atoms with Crippen molar-refractivity contribution in [3.05, 3.63) is 91.0 Å². The molecule has 3 aromatic carbocycles. The normalized spacial score (nSPS) is 10.7. The van der Waals surface area contributed by atoms with Crippen molar-refractivity contribution in [1.82, 2.24) is 0 Å². The van der Waals surface area contributed by atoms with E-state index < -0.39 is 7.05 Å². The van der Waals surface area contributed by atoms with Gasteiger partial charge in [-0.05, 0) is 15.9 Å². The van der Waals surface area contributed by atoms with Crippen LogP contribution in [0.3, 0.4) is 0 Å². The Labute approximate surface area is 136 Å². The zero-order valence-corrected chi connectivity index (χ0v) is 14.1. The Balaban J connectivity index is 0.00000161. The number of halogens is 1. The molecule has 0 fully saturated rings. The molecule has 0 saturated carbocycles. The third-order valence-electron chi connectivity index (χ3n) is 3.43. The summed E-state index contributed by atoms with van der Waals surface area (Å²) < 4.78 is 0. The molecule has 106 valence electrons. The van der Waals surface area contributed by atoms with Crippen LogP contribution in [-0.4, -0.2) is 0 Å². The topological polar surface area (TPSA) is 23.9 Å². The van der Waals surface area contributed by atoms with Crippen LogP contribution in [0.5, 0.6) is 0 Å². The molecule has 3 aromatic rings. The summed E-state index contributed by atoms with van der Waals surface area (Å²) in [6.07, 6.45) is 0. The van der Waals surface area contributed by atoms with Gasteiger partial charge >= 0.3 is 0 Å². The molecule has 0 spiro atoms. The summed E-state index contributed by atoms with van der Waals surface area (Å²) in [6, 6.07) is 30.5. The average molecular weight is 358 g/mol. The van der Waals surface area contributed by atoms with Gasteiger partial charge < -0.3 is 5.16 Å². The molecule has 3 rings (SSSR count). The van der Waals surface area contributed by atoms with E-state index >= 15 is 0 Å². The molecule has 0 heterocycles. The van der Waals surface area contributed by atoms with E-state index in [1.807, 2.05) is 54.6 Å². The van der Waals surface area contributed by atoms with Gasteiger partial charge in [0, 0.05) is 0 Å². The molecular weight excluding hydrogens is 341 g/mol. The third-order valence-corrected chi connectivity index (χ3v) is 6.65. The summed E-state index contributed by atoms with van der Waals surface area (Å²) in [6.45, 7) is 0. The molecule has 0 amide bonds. The predicted octanol–water partition coefficient (Wildman–Crippen LogP) is 4.32. The molecule has 0 unspecified atom stereocenters. The minimum absolute atomic E-state index is 0. The molecule has 0 aliphatic rings. The quantitative estimate of drug-likeness (QED) is 0.675. The first kappa shape index (κ1) is 15.8. The Morgan fingerprint density at radius 3 is 0.952 bits per heavy atom. The summed E-state index contributed by atoms with van der Waals surface area (Å²) in [5.74, 6) is 0. The molecule has 0 aliphatic carbocycles. The van der Waals surface area contributed by atoms with Crippen molar-refractivity contribution in [2.24, 2.45) is 0 Å². The Morgan fingerprint density at radius 1 is 0.476 bits per heavy atom. The fourth-order valence-corrected chi connectivity index (χ4v) is 5.15. The molecular formula is C18H17BrNP. The van der Waals surface area contributed by atoms with Crippen molar-refractivity contribution in [2.45, 2.75) is 0 Å². The lowest BCUT2D eigenvalue weighted by Gasteiger charge is -2.24. The molecule has 21 heavy (non-hydrogen) atoms. The predicted molar refractivity (Wildman–Crippen MR) is 98.2 cm³/mol. The van der Waals surface area contributed by atoms with Gasteiger partial charge in [0.15, 0.2) is 0 Å². The van der Waals surface area contributed by atoms with Crippen molar-refractivity contribution >= 4 is 39.9 Å². The summed E-state index contributed by atoms with van der Waals surface area (Å²) >= 11 is 0. The smallest absolute Gasteiger partial charge is 0.0512 e. The first-order valence-corrected chi connectivity index (χ1v) is 8.42. The number of benzene rings is 3. The van der Waals surface area contributed by atoms with Crippen molar-refractivity contribution < 1.29 is 0 Å². The fraction of sp³-hybridized carbons (Fsp3) is 0. The number of hydrogen-bond acceptors (Lipinski definition) is 1. The Hall–Kier alpha value is -1.63. The standard InChI is InChI=1S/C18H16NP.BrH/c19-20(16-10-4-1-5-11-16,17-12-6-2-7-13-17)18-14-8-3-9-15-18;/h1-15,19H;1H. The lowest BCUT2D eigenvalue weighted by molar-refractivity contribution is 1.59. The summed E-state index contributed by atoms with van der Waals surface area (Å²) in [5.41, 5.74) is 0. The lowest BCUT2D eigenvalue weighted by atomic mass is 10.4. The van der Waals surface area contributed by atoms with Gasteiger partial charge in [-0.15, -0.1) is 17.0 Å². The summed E-state index contributed by atoms with van der Waals surface area (Å²) in [4.78, 5) is 0. The highest BCUT2D eigenvalue weighted by atomic mass is 79.9. The molecule has 0 radical (unpaired) electrons. The Bertz CT molecular complexity index is 624.